The molecule has 0 aromatic heterocycles. The van der Waals surface area contributed by atoms with Crippen molar-refractivity contribution >= 4 is 0 Å². The van der Waals surface area contributed by atoms with Crippen LogP contribution in [0.25, 0.3) is 0 Å². The van der Waals surface area contributed by atoms with Gasteiger partial charge in [0.05, 0.1) is 0 Å². The summed E-state index contributed by atoms with van der Waals surface area (Å²) in [5.74, 6) is 1.87. The summed E-state index contributed by atoms with van der Waals surface area (Å²) in [5, 5.41) is 4.41. The molecule has 0 saturated heterocycles. The van der Waals surface area contributed by atoms with Crippen molar-refractivity contribution in [1.82, 2.24) is 0 Å². The lowest BCUT2D eigenvalue weighted by molar-refractivity contribution is -0.384. The number of hydrogen-bond acceptors (Lipinski definition) is 3. The van der Waals surface area contributed by atoms with E-state index in [0.717, 1.165) is 0 Å². The first-order chi connectivity index (χ1) is 6.81. The van der Waals surface area contributed by atoms with E-state index in [1.54, 1.807) is 0 Å². The zero-order valence-electron chi connectivity index (χ0n) is 8.45. The molecular weight excluding hydrogens is 180 g/mol. The van der Waals surface area contributed by atoms with E-state index in [1.165, 1.54) is 18.4 Å². The molecular formula is C11H14O3. The Labute approximate surface area is 83.4 Å². The molecule has 0 N–H and O–H groups in total. The Bertz CT molecular complexity index is 322. The SMILES string of the molecule is CCCC(C)c1ccc2c(c1)OOO2. The Kier molecular flexibility index (Phi) is 2.59. The molecule has 0 fully saturated rings. The van der Waals surface area contributed by atoms with Crippen LogP contribution in [0.2, 0.25) is 0 Å². The van der Waals surface area contributed by atoms with Crippen LogP contribution in [-0.4, -0.2) is 0 Å². The third-order valence-electron chi connectivity index (χ3n) is 2.51. The summed E-state index contributed by atoms with van der Waals surface area (Å²) in [6.07, 6.45) is 2.37. The average Bonchev–Trinajstić information content (AvgIpc) is 2.64. The van der Waals surface area contributed by atoms with Gasteiger partial charge in [-0.25, -0.2) is 0 Å². The minimum absolute atomic E-state index is 0.550. The van der Waals surface area contributed by atoms with Crippen molar-refractivity contribution in [3.63, 3.8) is 0 Å². The standard InChI is InChI=1S/C11H14O3/c1-3-4-8(2)9-5-6-10-11(7-9)13-14-12-10/h5-8H,3-4H2,1-2H3. The van der Waals surface area contributed by atoms with E-state index < -0.39 is 0 Å². The molecule has 14 heavy (non-hydrogen) atoms. The fraction of sp³-hybridized carbons (Fsp3) is 0.455. The lowest BCUT2D eigenvalue weighted by Gasteiger charge is -2.09. The second-order valence-electron chi connectivity index (χ2n) is 3.63. The topological polar surface area (TPSA) is 27.7 Å². The summed E-state index contributed by atoms with van der Waals surface area (Å²) in [5.41, 5.74) is 1.26. The highest BCUT2D eigenvalue weighted by atomic mass is 17.5. The molecule has 1 heterocycles. The van der Waals surface area contributed by atoms with Crippen LogP contribution in [0, 0.1) is 0 Å². The number of benzene rings is 1. The van der Waals surface area contributed by atoms with Gasteiger partial charge in [0.2, 0.25) is 11.5 Å². The first kappa shape index (κ1) is 9.34. The molecule has 1 aromatic carbocycles. The van der Waals surface area contributed by atoms with Gasteiger partial charge in [0, 0.05) is 5.04 Å². The summed E-state index contributed by atoms with van der Waals surface area (Å²) < 4.78 is 0. The smallest absolute Gasteiger partial charge is 0.216 e. The van der Waals surface area contributed by atoms with E-state index in [1.807, 2.05) is 12.1 Å². The fourth-order valence-electron chi connectivity index (χ4n) is 1.66. The van der Waals surface area contributed by atoms with Crippen molar-refractivity contribution in [3.8, 4) is 11.5 Å². The van der Waals surface area contributed by atoms with Crippen LogP contribution in [0.3, 0.4) is 0 Å². The van der Waals surface area contributed by atoms with E-state index in [-0.39, 0.29) is 0 Å². The molecule has 1 unspecified atom stereocenters. The molecule has 2 rings (SSSR count). The highest BCUT2D eigenvalue weighted by molar-refractivity contribution is 5.44. The van der Waals surface area contributed by atoms with Crippen LogP contribution in [0.5, 0.6) is 11.5 Å². The van der Waals surface area contributed by atoms with Crippen molar-refractivity contribution in [3.05, 3.63) is 23.8 Å². The van der Waals surface area contributed by atoms with E-state index in [2.05, 4.69) is 25.0 Å². The lowest BCUT2D eigenvalue weighted by Crippen LogP contribution is -1.92. The molecule has 3 nitrogen and oxygen atoms in total. The Morgan fingerprint density at radius 2 is 2.00 bits per heavy atom. The van der Waals surface area contributed by atoms with Crippen LogP contribution < -0.4 is 9.78 Å². The van der Waals surface area contributed by atoms with Gasteiger partial charge in [-0.2, -0.15) is 0 Å². The highest BCUT2D eigenvalue weighted by Gasteiger charge is 2.17. The van der Waals surface area contributed by atoms with Crippen LogP contribution in [0.4, 0.5) is 0 Å². The third kappa shape index (κ3) is 1.68. The zero-order valence-corrected chi connectivity index (χ0v) is 8.45. The minimum Gasteiger partial charge on any atom is -0.295 e. The maximum absolute atomic E-state index is 4.85. The first-order valence-corrected chi connectivity index (χ1v) is 4.96. The normalized spacial score (nSPS) is 15.6. The summed E-state index contributed by atoms with van der Waals surface area (Å²) in [6, 6.07) is 5.91. The lowest BCUT2D eigenvalue weighted by atomic mass is 9.96. The fourth-order valence-corrected chi connectivity index (χ4v) is 1.66. The molecule has 1 atom stereocenters. The van der Waals surface area contributed by atoms with Gasteiger partial charge in [-0.05, 0) is 30.0 Å². The van der Waals surface area contributed by atoms with Gasteiger partial charge in [-0.15, -0.1) is 0 Å². The minimum atomic E-state index is 0.550. The number of rotatable bonds is 3. The highest BCUT2D eigenvalue weighted by Crippen LogP contribution is 2.35. The second kappa shape index (κ2) is 3.88. The van der Waals surface area contributed by atoms with Crippen LogP contribution >= 0.6 is 0 Å². The van der Waals surface area contributed by atoms with Crippen molar-refractivity contribution in [2.24, 2.45) is 0 Å². The molecule has 0 radical (unpaired) electrons. The number of fused-ring (bicyclic) bond motifs is 1. The molecule has 0 saturated carbocycles. The summed E-state index contributed by atoms with van der Waals surface area (Å²) in [4.78, 5) is 9.62. The van der Waals surface area contributed by atoms with E-state index in [0.29, 0.717) is 17.4 Å². The molecule has 0 amide bonds. The average molecular weight is 194 g/mol. The van der Waals surface area contributed by atoms with Crippen molar-refractivity contribution < 1.29 is 14.8 Å². The number of hydrogen-bond donors (Lipinski definition) is 0. The predicted molar refractivity (Wildman–Crippen MR) is 52.1 cm³/mol. The molecule has 0 spiro atoms. The van der Waals surface area contributed by atoms with Gasteiger partial charge < -0.3 is 0 Å². The van der Waals surface area contributed by atoms with Gasteiger partial charge >= 0.3 is 0 Å². The summed E-state index contributed by atoms with van der Waals surface area (Å²) in [6.45, 7) is 4.40. The van der Waals surface area contributed by atoms with Crippen molar-refractivity contribution in [1.29, 1.82) is 0 Å². The Hall–Kier alpha value is -1.22. The van der Waals surface area contributed by atoms with Gasteiger partial charge in [0.1, 0.15) is 0 Å². The van der Waals surface area contributed by atoms with Gasteiger partial charge in [-0.3, -0.25) is 9.78 Å². The van der Waals surface area contributed by atoms with Gasteiger partial charge in [-0.1, -0.05) is 26.3 Å². The molecule has 1 aromatic rings. The van der Waals surface area contributed by atoms with E-state index in [9.17, 15) is 0 Å². The van der Waals surface area contributed by atoms with Crippen LogP contribution in [0.1, 0.15) is 38.2 Å². The quantitative estimate of drug-likeness (QED) is 0.691. The third-order valence-corrected chi connectivity index (χ3v) is 2.51. The molecule has 0 bridgehead atoms. The first-order valence-electron chi connectivity index (χ1n) is 4.96. The Balaban J connectivity index is 2.19. The van der Waals surface area contributed by atoms with Gasteiger partial charge in [0.15, 0.2) is 0 Å². The van der Waals surface area contributed by atoms with Crippen LogP contribution in [0.15, 0.2) is 18.2 Å². The molecule has 76 valence electrons. The van der Waals surface area contributed by atoms with E-state index >= 15 is 0 Å². The van der Waals surface area contributed by atoms with Gasteiger partial charge in [0.25, 0.3) is 0 Å². The largest absolute Gasteiger partial charge is 0.295 e. The molecule has 0 aliphatic carbocycles. The second-order valence-corrected chi connectivity index (χ2v) is 3.63. The molecule has 1 aliphatic heterocycles. The van der Waals surface area contributed by atoms with Crippen molar-refractivity contribution in [2.75, 3.05) is 0 Å². The van der Waals surface area contributed by atoms with Crippen LogP contribution in [-0.2, 0) is 5.04 Å². The van der Waals surface area contributed by atoms with E-state index in [4.69, 9.17) is 9.78 Å². The monoisotopic (exact) mass is 194 g/mol. The summed E-state index contributed by atoms with van der Waals surface area (Å²) in [7, 11) is 0. The zero-order chi connectivity index (χ0) is 9.97. The predicted octanol–water partition coefficient (Wildman–Crippen LogP) is 3.21. The molecule has 1 aliphatic rings. The van der Waals surface area contributed by atoms with Crippen molar-refractivity contribution in [2.45, 2.75) is 32.6 Å². The maximum atomic E-state index is 4.85. The molecule has 3 heteroatoms. The Morgan fingerprint density at radius 1 is 1.21 bits per heavy atom. The Morgan fingerprint density at radius 3 is 2.79 bits per heavy atom. The maximum Gasteiger partial charge on any atom is 0.216 e. The summed E-state index contributed by atoms with van der Waals surface area (Å²) >= 11 is 0.